The van der Waals surface area contributed by atoms with Crippen LogP contribution in [0.15, 0.2) is 24.3 Å². The van der Waals surface area contributed by atoms with Crippen LogP contribution in [-0.2, 0) is 4.79 Å². The molecule has 63 valence electrons. The molecule has 0 bridgehead atoms. The van der Waals surface area contributed by atoms with Gasteiger partial charge >= 0.3 is 5.97 Å². The van der Waals surface area contributed by atoms with Gasteiger partial charge in [-0.15, -0.1) is 0 Å². The minimum Gasteiger partial charge on any atom is -0.427 e. The number of ether oxygens (including phenoxy) is 1. The second-order valence-electron chi connectivity index (χ2n) is 2.47. The summed E-state index contributed by atoms with van der Waals surface area (Å²) in [5.41, 5.74) is 0.909. The van der Waals surface area contributed by atoms with Crippen molar-refractivity contribution in [1.82, 2.24) is 0 Å². The highest BCUT2D eigenvalue weighted by molar-refractivity contribution is 5.71. The SMILES string of the molecule is [CH2]c1ccc(OC(=O)CC)cc1. The van der Waals surface area contributed by atoms with E-state index in [0.717, 1.165) is 5.56 Å². The zero-order valence-corrected chi connectivity index (χ0v) is 7.04. The van der Waals surface area contributed by atoms with Gasteiger partial charge in [0, 0.05) is 6.42 Å². The molecule has 1 aromatic rings. The summed E-state index contributed by atoms with van der Waals surface area (Å²) in [5, 5.41) is 0. The number of rotatable bonds is 2. The monoisotopic (exact) mass is 163 g/mol. The summed E-state index contributed by atoms with van der Waals surface area (Å²) >= 11 is 0. The van der Waals surface area contributed by atoms with Crippen LogP contribution >= 0.6 is 0 Å². The molecule has 2 nitrogen and oxygen atoms in total. The van der Waals surface area contributed by atoms with Crippen LogP contribution in [-0.4, -0.2) is 5.97 Å². The number of carbonyl (C=O) groups is 1. The third-order valence-corrected chi connectivity index (χ3v) is 1.44. The second kappa shape index (κ2) is 3.90. The van der Waals surface area contributed by atoms with Crippen LogP contribution in [0.4, 0.5) is 0 Å². The Morgan fingerprint density at radius 1 is 1.42 bits per heavy atom. The van der Waals surface area contributed by atoms with Crippen LogP contribution in [0.2, 0.25) is 0 Å². The summed E-state index contributed by atoms with van der Waals surface area (Å²) in [4.78, 5) is 10.8. The molecule has 0 aliphatic heterocycles. The molecular formula is C10H11O2. The maximum absolute atomic E-state index is 10.8. The molecule has 0 amide bonds. The fraction of sp³-hybridized carbons (Fsp3) is 0.200. The molecule has 0 fully saturated rings. The minimum atomic E-state index is -0.216. The zero-order chi connectivity index (χ0) is 8.97. The van der Waals surface area contributed by atoms with Gasteiger partial charge in [-0.2, -0.15) is 0 Å². The van der Waals surface area contributed by atoms with E-state index in [-0.39, 0.29) is 5.97 Å². The van der Waals surface area contributed by atoms with Crippen molar-refractivity contribution >= 4 is 5.97 Å². The third kappa shape index (κ3) is 2.38. The molecule has 0 spiro atoms. The highest BCUT2D eigenvalue weighted by Crippen LogP contribution is 2.11. The van der Waals surface area contributed by atoms with Crippen molar-refractivity contribution in [3.05, 3.63) is 36.8 Å². The van der Waals surface area contributed by atoms with Crippen LogP contribution in [0, 0.1) is 6.92 Å². The molecule has 0 aliphatic rings. The third-order valence-electron chi connectivity index (χ3n) is 1.44. The summed E-state index contributed by atoms with van der Waals surface area (Å²) in [7, 11) is 0. The quantitative estimate of drug-likeness (QED) is 0.493. The Bertz CT molecular complexity index is 262. The molecule has 12 heavy (non-hydrogen) atoms. The number of esters is 1. The molecule has 1 radical (unpaired) electrons. The fourth-order valence-electron chi connectivity index (χ4n) is 0.761. The molecule has 0 N–H and O–H groups in total. The first-order valence-electron chi connectivity index (χ1n) is 3.85. The van der Waals surface area contributed by atoms with Gasteiger partial charge in [0.2, 0.25) is 0 Å². The van der Waals surface area contributed by atoms with Crippen LogP contribution in [0.3, 0.4) is 0 Å². The van der Waals surface area contributed by atoms with Gasteiger partial charge in [0.25, 0.3) is 0 Å². The van der Waals surface area contributed by atoms with E-state index in [0.29, 0.717) is 12.2 Å². The van der Waals surface area contributed by atoms with E-state index in [4.69, 9.17) is 4.74 Å². The first kappa shape index (κ1) is 8.78. The Morgan fingerprint density at radius 2 is 2.00 bits per heavy atom. The zero-order valence-electron chi connectivity index (χ0n) is 7.04. The lowest BCUT2D eigenvalue weighted by molar-refractivity contribution is -0.134. The molecule has 0 aliphatic carbocycles. The number of benzene rings is 1. The predicted molar refractivity (Wildman–Crippen MR) is 46.8 cm³/mol. The van der Waals surface area contributed by atoms with Crippen molar-refractivity contribution in [1.29, 1.82) is 0 Å². The normalized spacial score (nSPS) is 9.50. The Morgan fingerprint density at radius 3 is 2.50 bits per heavy atom. The molecule has 1 rings (SSSR count). The van der Waals surface area contributed by atoms with Gasteiger partial charge in [0.15, 0.2) is 0 Å². The molecule has 0 aromatic heterocycles. The van der Waals surface area contributed by atoms with Crippen LogP contribution < -0.4 is 4.74 Å². The largest absolute Gasteiger partial charge is 0.427 e. The number of hydrogen-bond acceptors (Lipinski definition) is 2. The van der Waals surface area contributed by atoms with E-state index in [1.54, 1.807) is 31.2 Å². The molecule has 0 heterocycles. The lowest BCUT2D eigenvalue weighted by Gasteiger charge is -2.01. The molecule has 0 saturated carbocycles. The van der Waals surface area contributed by atoms with E-state index in [1.165, 1.54) is 0 Å². The molecular weight excluding hydrogens is 152 g/mol. The van der Waals surface area contributed by atoms with Crippen LogP contribution in [0.5, 0.6) is 5.75 Å². The van der Waals surface area contributed by atoms with Gasteiger partial charge in [0.05, 0.1) is 0 Å². The topological polar surface area (TPSA) is 26.3 Å². The first-order chi connectivity index (χ1) is 5.72. The van der Waals surface area contributed by atoms with Gasteiger partial charge in [-0.05, 0) is 24.6 Å². The Balaban J connectivity index is 2.64. The lowest BCUT2D eigenvalue weighted by Crippen LogP contribution is -2.05. The highest BCUT2D eigenvalue weighted by Gasteiger charge is 1.99. The maximum Gasteiger partial charge on any atom is 0.310 e. The van der Waals surface area contributed by atoms with Gasteiger partial charge in [0.1, 0.15) is 5.75 Å². The smallest absolute Gasteiger partial charge is 0.310 e. The predicted octanol–water partition coefficient (Wildman–Crippen LogP) is 2.18. The van der Waals surface area contributed by atoms with E-state index < -0.39 is 0 Å². The Hall–Kier alpha value is -1.31. The van der Waals surface area contributed by atoms with Crippen molar-refractivity contribution in [2.75, 3.05) is 0 Å². The van der Waals surface area contributed by atoms with Crippen LogP contribution in [0.1, 0.15) is 18.9 Å². The Labute approximate surface area is 72.2 Å². The molecule has 2 heteroatoms. The summed E-state index contributed by atoms with van der Waals surface area (Å²) in [6.45, 7) is 5.48. The van der Waals surface area contributed by atoms with E-state index >= 15 is 0 Å². The average molecular weight is 163 g/mol. The minimum absolute atomic E-state index is 0.216. The van der Waals surface area contributed by atoms with E-state index in [1.807, 2.05) is 0 Å². The van der Waals surface area contributed by atoms with Crippen molar-refractivity contribution < 1.29 is 9.53 Å². The average Bonchev–Trinajstić information content (AvgIpc) is 2.09. The fourth-order valence-corrected chi connectivity index (χ4v) is 0.761. The van der Waals surface area contributed by atoms with Gasteiger partial charge in [-0.1, -0.05) is 19.1 Å². The summed E-state index contributed by atoms with van der Waals surface area (Å²) in [6, 6.07) is 7.07. The molecule has 0 atom stereocenters. The maximum atomic E-state index is 10.8. The van der Waals surface area contributed by atoms with Gasteiger partial charge in [-0.3, -0.25) is 4.79 Å². The van der Waals surface area contributed by atoms with Crippen LogP contribution in [0.25, 0.3) is 0 Å². The molecule has 0 saturated heterocycles. The summed E-state index contributed by atoms with van der Waals surface area (Å²) in [6.07, 6.45) is 0.395. The highest BCUT2D eigenvalue weighted by atomic mass is 16.5. The lowest BCUT2D eigenvalue weighted by atomic mass is 10.2. The first-order valence-corrected chi connectivity index (χ1v) is 3.85. The van der Waals surface area contributed by atoms with Crippen molar-refractivity contribution in [2.24, 2.45) is 0 Å². The van der Waals surface area contributed by atoms with Gasteiger partial charge in [-0.25, -0.2) is 0 Å². The van der Waals surface area contributed by atoms with Crippen molar-refractivity contribution in [2.45, 2.75) is 13.3 Å². The molecule has 0 unspecified atom stereocenters. The Kier molecular flexibility index (Phi) is 2.86. The summed E-state index contributed by atoms with van der Waals surface area (Å²) < 4.78 is 4.95. The van der Waals surface area contributed by atoms with Crippen molar-refractivity contribution in [3.8, 4) is 5.75 Å². The molecule has 1 aromatic carbocycles. The van der Waals surface area contributed by atoms with E-state index in [2.05, 4.69) is 6.92 Å². The van der Waals surface area contributed by atoms with E-state index in [9.17, 15) is 4.79 Å². The van der Waals surface area contributed by atoms with Crippen molar-refractivity contribution in [3.63, 3.8) is 0 Å². The summed E-state index contributed by atoms with van der Waals surface area (Å²) in [5.74, 6) is 0.362. The standard InChI is InChI=1S/C10H11O2/c1-3-10(11)12-9-6-4-8(2)5-7-9/h4-7H,2-3H2,1H3. The van der Waals surface area contributed by atoms with Gasteiger partial charge < -0.3 is 4.74 Å². The second-order valence-corrected chi connectivity index (χ2v) is 2.47. The number of hydrogen-bond donors (Lipinski definition) is 0. The number of carbonyl (C=O) groups excluding carboxylic acids is 1.